The Hall–Kier alpha value is -1.80. The molecule has 0 spiro atoms. The summed E-state index contributed by atoms with van der Waals surface area (Å²) in [5, 5.41) is 11.9. The lowest BCUT2D eigenvalue weighted by Crippen LogP contribution is -2.17. The summed E-state index contributed by atoms with van der Waals surface area (Å²) < 4.78 is 36.8. The molecule has 0 radical (unpaired) electrons. The minimum Gasteiger partial charge on any atom is -0.300 e. The van der Waals surface area contributed by atoms with Gasteiger partial charge in [0, 0.05) is 12.6 Å². The molecule has 96 valence electrons. The third-order valence-electron chi connectivity index (χ3n) is 2.51. The minimum atomic E-state index is -3.92. The lowest BCUT2D eigenvalue weighted by molar-refractivity contribution is 0.580. The highest BCUT2D eigenvalue weighted by atomic mass is 32.2. The Kier molecular flexibility index (Phi) is 2.91. The molecule has 6 nitrogen and oxygen atoms in total. The number of nitrogens with two attached hydrogens (primary N) is 1. The number of halogens is 1. The average molecular weight is 270 g/mol. The molecular formula is C10H11FN4O2S. The molecule has 1 aromatic heterocycles. The van der Waals surface area contributed by atoms with Gasteiger partial charge in [-0.25, -0.2) is 17.9 Å². The number of rotatable bonds is 2. The first-order valence-corrected chi connectivity index (χ1v) is 6.54. The molecule has 0 aliphatic rings. The highest BCUT2D eigenvalue weighted by Gasteiger charge is 2.19. The summed E-state index contributed by atoms with van der Waals surface area (Å²) >= 11 is 0. The molecule has 2 N–H and O–H groups in total. The smallest absolute Gasteiger partial charge is 0.273 e. The van der Waals surface area contributed by atoms with Crippen molar-refractivity contribution in [3.63, 3.8) is 0 Å². The monoisotopic (exact) mass is 270 g/mol. The molecule has 2 aromatic rings. The molecule has 18 heavy (non-hydrogen) atoms. The number of nitrogens with zero attached hydrogens (tertiary/aromatic N) is 3. The van der Waals surface area contributed by atoms with E-state index in [2.05, 4.69) is 10.2 Å². The summed E-state index contributed by atoms with van der Waals surface area (Å²) in [6.07, 6.45) is 0. The van der Waals surface area contributed by atoms with Gasteiger partial charge in [-0.1, -0.05) is 0 Å². The van der Waals surface area contributed by atoms with Crippen molar-refractivity contribution in [2.75, 3.05) is 0 Å². The van der Waals surface area contributed by atoms with Gasteiger partial charge in [0.1, 0.15) is 5.82 Å². The lowest BCUT2D eigenvalue weighted by Gasteiger charge is -2.04. The van der Waals surface area contributed by atoms with Crippen LogP contribution < -0.4 is 5.14 Å². The van der Waals surface area contributed by atoms with Crippen LogP contribution in [0, 0.1) is 12.7 Å². The molecular weight excluding hydrogens is 259 g/mol. The van der Waals surface area contributed by atoms with E-state index in [0.717, 1.165) is 0 Å². The van der Waals surface area contributed by atoms with Crippen molar-refractivity contribution < 1.29 is 12.8 Å². The molecule has 1 aromatic carbocycles. The zero-order valence-electron chi connectivity index (χ0n) is 9.75. The van der Waals surface area contributed by atoms with Crippen molar-refractivity contribution in [2.45, 2.75) is 12.1 Å². The van der Waals surface area contributed by atoms with Crippen LogP contribution in [0.15, 0.2) is 23.4 Å². The predicted molar refractivity (Wildman–Crippen MR) is 62.5 cm³/mol. The van der Waals surface area contributed by atoms with E-state index in [1.807, 2.05) is 0 Å². The maximum absolute atomic E-state index is 13.2. The van der Waals surface area contributed by atoms with Crippen LogP contribution in [0.3, 0.4) is 0 Å². The normalized spacial score (nSPS) is 11.8. The van der Waals surface area contributed by atoms with Gasteiger partial charge in [-0.15, -0.1) is 10.2 Å². The minimum absolute atomic E-state index is 0.308. The van der Waals surface area contributed by atoms with E-state index < -0.39 is 10.0 Å². The SMILES string of the molecule is Cc1cc(-c2nnc(S(N)(=O)=O)n2C)ccc1F. The first kappa shape index (κ1) is 12.7. The standard InChI is InChI=1S/C10H11FN4O2S/c1-6-5-7(3-4-8(6)11)9-13-14-10(15(9)2)18(12,16)17/h3-5H,1-2H3,(H2,12,16,17). The molecule has 8 heteroatoms. The molecule has 0 aliphatic heterocycles. The van der Waals surface area contributed by atoms with E-state index in [0.29, 0.717) is 17.0 Å². The summed E-state index contributed by atoms with van der Waals surface area (Å²) in [4.78, 5) is 0. The number of benzene rings is 1. The van der Waals surface area contributed by atoms with Gasteiger partial charge >= 0.3 is 0 Å². The fourth-order valence-corrected chi connectivity index (χ4v) is 2.22. The second-order valence-corrected chi connectivity index (χ2v) is 5.33. The summed E-state index contributed by atoms with van der Waals surface area (Å²) in [5.74, 6) is -0.0327. The van der Waals surface area contributed by atoms with Gasteiger partial charge in [0.15, 0.2) is 5.82 Å². The van der Waals surface area contributed by atoms with Gasteiger partial charge in [-0.05, 0) is 30.7 Å². The number of aromatic nitrogens is 3. The van der Waals surface area contributed by atoms with Gasteiger partial charge in [-0.2, -0.15) is 0 Å². The number of aryl methyl sites for hydroxylation is 1. The molecule has 0 bridgehead atoms. The first-order chi connectivity index (χ1) is 8.30. The van der Waals surface area contributed by atoms with Crippen molar-refractivity contribution in [3.8, 4) is 11.4 Å². The number of hydrogen-bond acceptors (Lipinski definition) is 4. The molecule has 0 fully saturated rings. The van der Waals surface area contributed by atoms with Crippen molar-refractivity contribution in [2.24, 2.45) is 12.2 Å². The van der Waals surface area contributed by atoms with Gasteiger partial charge in [0.25, 0.3) is 15.2 Å². The number of sulfonamides is 1. The second-order valence-electron chi connectivity index (χ2n) is 3.87. The van der Waals surface area contributed by atoms with E-state index in [1.54, 1.807) is 13.0 Å². The molecule has 0 saturated carbocycles. The van der Waals surface area contributed by atoms with E-state index >= 15 is 0 Å². The Morgan fingerprint density at radius 2 is 2.00 bits per heavy atom. The largest absolute Gasteiger partial charge is 0.300 e. The number of primary sulfonamides is 1. The van der Waals surface area contributed by atoms with Crippen molar-refractivity contribution in [1.82, 2.24) is 14.8 Å². The molecule has 0 amide bonds. The van der Waals surface area contributed by atoms with Gasteiger partial charge in [0.05, 0.1) is 0 Å². The molecule has 1 heterocycles. The maximum atomic E-state index is 13.2. The van der Waals surface area contributed by atoms with E-state index in [9.17, 15) is 12.8 Å². The fourth-order valence-electron chi connectivity index (χ4n) is 1.60. The zero-order valence-corrected chi connectivity index (χ0v) is 10.6. The van der Waals surface area contributed by atoms with Crippen molar-refractivity contribution in [1.29, 1.82) is 0 Å². The summed E-state index contributed by atoms with van der Waals surface area (Å²) in [7, 11) is -2.44. The molecule has 0 aliphatic carbocycles. The lowest BCUT2D eigenvalue weighted by atomic mass is 10.1. The molecule has 0 unspecified atom stereocenters. The predicted octanol–water partition coefficient (Wildman–Crippen LogP) is 0.577. The van der Waals surface area contributed by atoms with E-state index in [-0.39, 0.29) is 11.0 Å². The number of hydrogen-bond donors (Lipinski definition) is 1. The highest BCUT2D eigenvalue weighted by molar-refractivity contribution is 7.89. The van der Waals surface area contributed by atoms with Gasteiger partial charge in [0.2, 0.25) is 0 Å². The van der Waals surface area contributed by atoms with E-state index in [1.165, 1.54) is 23.7 Å². The quantitative estimate of drug-likeness (QED) is 0.864. The van der Waals surface area contributed by atoms with Gasteiger partial charge in [-0.3, -0.25) is 4.57 Å². The van der Waals surface area contributed by atoms with E-state index in [4.69, 9.17) is 5.14 Å². The topological polar surface area (TPSA) is 90.9 Å². The average Bonchev–Trinajstić information content (AvgIpc) is 2.64. The summed E-state index contributed by atoms with van der Waals surface area (Å²) in [6.45, 7) is 1.61. The van der Waals surface area contributed by atoms with Crippen LogP contribution in [-0.4, -0.2) is 23.2 Å². The Bertz CT molecular complexity index is 709. The van der Waals surface area contributed by atoms with Crippen molar-refractivity contribution >= 4 is 10.0 Å². The third-order valence-corrected chi connectivity index (χ3v) is 3.37. The highest BCUT2D eigenvalue weighted by Crippen LogP contribution is 2.21. The first-order valence-electron chi connectivity index (χ1n) is 4.99. The molecule has 0 saturated heterocycles. The van der Waals surface area contributed by atoms with Crippen LogP contribution in [0.5, 0.6) is 0 Å². The Morgan fingerprint density at radius 3 is 2.50 bits per heavy atom. The summed E-state index contributed by atoms with van der Waals surface area (Å²) in [5.41, 5.74) is 1.01. The van der Waals surface area contributed by atoms with Crippen LogP contribution >= 0.6 is 0 Å². The maximum Gasteiger partial charge on any atom is 0.273 e. The van der Waals surface area contributed by atoms with Crippen LogP contribution in [0.4, 0.5) is 4.39 Å². The molecule has 2 rings (SSSR count). The summed E-state index contributed by atoms with van der Waals surface area (Å²) in [6, 6.07) is 4.35. The third kappa shape index (κ3) is 2.12. The zero-order chi connectivity index (χ0) is 13.5. The van der Waals surface area contributed by atoms with Crippen molar-refractivity contribution in [3.05, 3.63) is 29.6 Å². The van der Waals surface area contributed by atoms with Crippen LogP contribution in [0.1, 0.15) is 5.56 Å². The Morgan fingerprint density at radius 1 is 1.33 bits per heavy atom. The fraction of sp³-hybridized carbons (Fsp3) is 0.200. The van der Waals surface area contributed by atoms with Crippen LogP contribution in [0.2, 0.25) is 0 Å². The Labute approximate surface area is 103 Å². The molecule has 0 atom stereocenters. The second kappa shape index (κ2) is 4.14. The Balaban J connectivity index is 2.59. The van der Waals surface area contributed by atoms with Crippen LogP contribution in [-0.2, 0) is 17.1 Å². The van der Waals surface area contributed by atoms with Crippen LogP contribution in [0.25, 0.3) is 11.4 Å². The van der Waals surface area contributed by atoms with Gasteiger partial charge < -0.3 is 0 Å².